The van der Waals surface area contributed by atoms with Gasteiger partial charge in [0.05, 0.1) is 13.4 Å². The summed E-state index contributed by atoms with van der Waals surface area (Å²) in [6.07, 6.45) is 5.40. The fourth-order valence-electron chi connectivity index (χ4n) is 3.02. The zero-order valence-electron chi connectivity index (χ0n) is 14.8. The van der Waals surface area contributed by atoms with Crippen molar-refractivity contribution in [2.75, 3.05) is 38.2 Å². The molecule has 0 aliphatic carbocycles. The second kappa shape index (κ2) is 7.92. The van der Waals surface area contributed by atoms with Crippen molar-refractivity contribution in [2.45, 2.75) is 19.5 Å². The van der Waals surface area contributed by atoms with Crippen molar-refractivity contribution in [3.63, 3.8) is 0 Å². The van der Waals surface area contributed by atoms with Crippen molar-refractivity contribution >= 4 is 11.7 Å². The number of amides is 2. The predicted molar refractivity (Wildman–Crippen MR) is 97.0 cm³/mol. The van der Waals surface area contributed by atoms with Gasteiger partial charge in [0, 0.05) is 56.8 Å². The first kappa shape index (κ1) is 17.1. The Kier molecular flexibility index (Phi) is 5.42. The van der Waals surface area contributed by atoms with Crippen molar-refractivity contribution in [2.24, 2.45) is 0 Å². The average Bonchev–Trinajstić information content (AvgIpc) is 3.14. The van der Waals surface area contributed by atoms with Crippen LogP contribution in [0, 0.1) is 0 Å². The number of rotatable bonds is 5. The minimum atomic E-state index is 0.00185. The number of carbonyl (C=O) groups is 1. The van der Waals surface area contributed by atoms with Crippen molar-refractivity contribution in [1.29, 1.82) is 0 Å². The van der Waals surface area contributed by atoms with Crippen LogP contribution in [0.1, 0.15) is 6.92 Å². The molecule has 1 atom stereocenters. The number of hydrogen-bond acceptors (Lipinski definition) is 4. The molecule has 1 fully saturated rings. The molecule has 1 saturated heterocycles. The number of nitrogens with one attached hydrogen (secondary N) is 1. The van der Waals surface area contributed by atoms with Crippen LogP contribution >= 0.6 is 0 Å². The zero-order chi connectivity index (χ0) is 17.6. The van der Waals surface area contributed by atoms with Crippen LogP contribution in [0.15, 0.2) is 43.0 Å². The maximum Gasteiger partial charge on any atom is 0.317 e. The quantitative estimate of drug-likeness (QED) is 0.899. The number of carbonyl (C=O) groups excluding carboxylic acids is 1. The molecule has 1 aliphatic heterocycles. The number of imidazole rings is 1. The van der Waals surface area contributed by atoms with Gasteiger partial charge in [-0.15, -0.1) is 0 Å². The highest BCUT2D eigenvalue weighted by atomic mass is 16.5. The third-order valence-corrected chi connectivity index (χ3v) is 4.42. The molecule has 0 radical (unpaired) electrons. The van der Waals surface area contributed by atoms with Gasteiger partial charge in [-0.25, -0.2) is 9.78 Å². The van der Waals surface area contributed by atoms with E-state index in [1.165, 1.54) is 0 Å². The van der Waals surface area contributed by atoms with Gasteiger partial charge in [0.2, 0.25) is 0 Å². The second-order valence-electron chi connectivity index (χ2n) is 6.28. The van der Waals surface area contributed by atoms with Crippen molar-refractivity contribution < 1.29 is 9.53 Å². The molecule has 7 heteroatoms. The highest BCUT2D eigenvalue weighted by Crippen LogP contribution is 2.20. The summed E-state index contributed by atoms with van der Waals surface area (Å²) in [4.78, 5) is 20.6. The van der Waals surface area contributed by atoms with E-state index in [1.807, 2.05) is 34.7 Å². The summed E-state index contributed by atoms with van der Waals surface area (Å²) in [5, 5.41) is 3.06. The lowest BCUT2D eigenvalue weighted by Gasteiger charge is -2.36. The number of benzene rings is 1. The van der Waals surface area contributed by atoms with E-state index in [0.717, 1.165) is 44.2 Å². The topological polar surface area (TPSA) is 62.6 Å². The number of methoxy groups -OCH3 is 1. The van der Waals surface area contributed by atoms with E-state index in [-0.39, 0.29) is 12.1 Å². The van der Waals surface area contributed by atoms with Gasteiger partial charge in [0.15, 0.2) is 0 Å². The maximum atomic E-state index is 12.4. The Balaban J connectivity index is 1.46. The molecule has 134 valence electrons. The Hall–Kier alpha value is -2.70. The Morgan fingerprint density at radius 3 is 2.56 bits per heavy atom. The fraction of sp³-hybridized carbons (Fsp3) is 0.444. The Labute approximate surface area is 148 Å². The summed E-state index contributed by atoms with van der Waals surface area (Å²) in [7, 11) is 1.67. The molecular weight excluding hydrogens is 318 g/mol. The summed E-state index contributed by atoms with van der Waals surface area (Å²) < 4.78 is 7.16. The van der Waals surface area contributed by atoms with Crippen LogP contribution in [0.4, 0.5) is 10.5 Å². The van der Waals surface area contributed by atoms with Crippen LogP contribution in [-0.2, 0) is 6.54 Å². The summed E-state index contributed by atoms with van der Waals surface area (Å²) in [5.74, 6) is 0.855. The Bertz CT molecular complexity index is 663. The van der Waals surface area contributed by atoms with Crippen molar-refractivity contribution in [3.8, 4) is 5.75 Å². The van der Waals surface area contributed by atoms with Gasteiger partial charge in [-0.1, -0.05) is 0 Å². The first-order chi connectivity index (χ1) is 12.2. The van der Waals surface area contributed by atoms with Gasteiger partial charge in [-0.3, -0.25) is 0 Å². The summed E-state index contributed by atoms with van der Waals surface area (Å²) in [6.45, 7) is 5.82. The van der Waals surface area contributed by atoms with E-state index in [4.69, 9.17) is 4.74 Å². The van der Waals surface area contributed by atoms with Gasteiger partial charge in [-0.2, -0.15) is 0 Å². The normalized spacial score (nSPS) is 15.8. The average molecular weight is 343 g/mol. The Morgan fingerprint density at radius 2 is 1.96 bits per heavy atom. The number of anilines is 1. The molecule has 0 saturated carbocycles. The van der Waals surface area contributed by atoms with Gasteiger partial charge < -0.3 is 24.4 Å². The van der Waals surface area contributed by atoms with E-state index in [9.17, 15) is 4.79 Å². The van der Waals surface area contributed by atoms with Crippen LogP contribution in [-0.4, -0.2) is 59.8 Å². The van der Waals surface area contributed by atoms with Crippen molar-refractivity contribution in [1.82, 2.24) is 19.8 Å². The van der Waals surface area contributed by atoms with Crippen LogP contribution in [0.25, 0.3) is 0 Å². The minimum absolute atomic E-state index is 0.00185. The molecule has 2 amide bonds. The summed E-state index contributed by atoms with van der Waals surface area (Å²) in [5.41, 5.74) is 1.16. The number of ether oxygens (including phenoxy) is 1. The number of aromatic nitrogens is 2. The van der Waals surface area contributed by atoms with Crippen LogP contribution in [0.2, 0.25) is 0 Å². The third-order valence-electron chi connectivity index (χ3n) is 4.42. The van der Waals surface area contributed by atoms with E-state index < -0.39 is 0 Å². The lowest BCUT2D eigenvalue weighted by atomic mass is 10.2. The van der Waals surface area contributed by atoms with E-state index in [0.29, 0.717) is 0 Å². The molecule has 3 rings (SSSR count). The number of nitrogens with zero attached hydrogens (tertiary/aromatic N) is 4. The molecule has 1 aromatic carbocycles. The third kappa shape index (κ3) is 4.43. The lowest BCUT2D eigenvalue weighted by Crippen LogP contribution is -2.53. The molecule has 7 nitrogen and oxygen atoms in total. The van der Waals surface area contributed by atoms with Gasteiger partial charge in [0.25, 0.3) is 0 Å². The minimum Gasteiger partial charge on any atom is -0.497 e. The standard InChI is InChI=1S/C18H25N5O2/c1-15(13-21-8-7-19-14-21)20-18(24)23-11-9-22(10-12-23)16-3-5-17(25-2)6-4-16/h3-8,14-15H,9-13H2,1-2H3,(H,20,24)/t15-/m0/s1. The number of hydrogen-bond donors (Lipinski definition) is 1. The molecule has 0 unspecified atom stereocenters. The smallest absolute Gasteiger partial charge is 0.317 e. The van der Waals surface area contributed by atoms with E-state index in [2.05, 4.69) is 27.3 Å². The monoisotopic (exact) mass is 343 g/mol. The van der Waals surface area contributed by atoms with E-state index >= 15 is 0 Å². The highest BCUT2D eigenvalue weighted by Gasteiger charge is 2.22. The largest absolute Gasteiger partial charge is 0.497 e. The van der Waals surface area contributed by atoms with Gasteiger partial charge in [0.1, 0.15) is 5.75 Å². The number of urea groups is 1. The molecular formula is C18H25N5O2. The van der Waals surface area contributed by atoms with E-state index in [1.54, 1.807) is 19.6 Å². The van der Waals surface area contributed by atoms with Crippen LogP contribution < -0.4 is 15.0 Å². The van der Waals surface area contributed by atoms with Gasteiger partial charge >= 0.3 is 6.03 Å². The molecule has 25 heavy (non-hydrogen) atoms. The molecule has 0 spiro atoms. The first-order valence-corrected chi connectivity index (χ1v) is 8.56. The van der Waals surface area contributed by atoms with Crippen LogP contribution in [0.3, 0.4) is 0 Å². The zero-order valence-corrected chi connectivity index (χ0v) is 14.8. The molecule has 2 heterocycles. The molecule has 1 N–H and O–H groups in total. The van der Waals surface area contributed by atoms with Crippen molar-refractivity contribution in [3.05, 3.63) is 43.0 Å². The van der Waals surface area contributed by atoms with Gasteiger partial charge in [-0.05, 0) is 31.2 Å². The van der Waals surface area contributed by atoms with Crippen LogP contribution in [0.5, 0.6) is 5.75 Å². The number of piperazine rings is 1. The second-order valence-corrected chi connectivity index (χ2v) is 6.28. The SMILES string of the molecule is COc1ccc(N2CCN(C(=O)N[C@@H](C)Cn3ccnc3)CC2)cc1. The molecule has 1 aliphatic rings. The lowest BCUT2D eigenvalue weighted by molar-refractivity contribution is 0.190. The molecule has 0 bridgehead atoms. The predicted octanol–water partition coefficient (Wildman–Crippen LogP) is 1.81. The summed E-state index contributed by atoms with van der Waals surface area (Å²) in [6, 6.07) is 8.10. The first-order valence-electron chi connectivity index (χ1n) is 8.56. The fourth-order valence-corrected chi connectivity index (χ4v) is 3.02. The molecule has 1 aromatic heterocycles. The summed E-state index contributed by atoms with van der Waals surface area (Å²) >= 11 is 0. The maximum absolute atomic E-state index is 12.4. The molecule has 2 aromatic rings. The highest BCUT2D eigenvalue weighted by molar-refractivity contribution is 5.74. The Morgan fingerprint density at radius 1 is 1.24 bits per heavy atom.